The molecule has 158 valence electrons. The number of nitriles is 1. The third-order valence-corrected chi connectivity index (χ3v) is 5.71. The molecule has 0 unspecified atom stereocenters. The van der Waals surface area contributed by atoms with Crippen LogP contribution in [0.5, 0.6) is 0 Å². The lowest BCUT2D eigenvalue weighted by molar-refractivity contribution is 0.0958. The molecule has 31 heavy (non-hydrogen) atoms. The van der Waals surface area contributed by atoms with E-state index in [1.807, 2.05) is 31.2 Å². The highest BCUT2D eigenvalue weighted by Crippen LogP contribution is 2.30. The molecule has 1 aromatic heterocycles. The van der Waals surface area contributed by atoms with Gasteiger partial charge in [-0.1, -0.05) is 17.3 Å². The molecule has 1 aliphatic rings. The molecule has 7 heteroatoms. The molecule has 3 aromatic rings. The van der Waals surface area contributed by atoms with Gasteiger partial charge in [-0.15, -0.1) is 0 Å². The molecule has 0 atom stereocenters. The van der Waals surface area contributed by atoms with Crippen molar-refractivity contribution in [2.75, 3.05) is 44.7 Å². The largest absolute Gasteiger partial charge is 0.369 e. The Bertz CT molecular complexity index is 1110. The van der Waals surface area contributed by atoms with Crippen LogP contribution in [0.4, 0.5) is 5.69 Å². The van der Waals surface area contributed by atoms with Gasteiger partial charge in [-0.25, -0.2) is 0 Å². The van der Waals surface area contributed by atoms with Gasteiger partial charge in [0.1, 0.15) is 12.2 Å². The van der Waals surface area contributed by atoms with Crippen molar-refractivity contribution in [1.29, 1.82) is 5.26 Å². The first-order valence-corrected chi connectivity index (χ1v) is 10.3. The van der Waals surface area contributed by atoms with Gasteiger partial charge in [-0.2, -0.15) is 5.26 Å². The van der Waals surface area contributed by atoms with Crippen molar-refractivity contribution < 1.29 is 9.32 Å². The zero-order chi connectivity index (χ0) is 21.8. The van der Waals surface area contributed by atoms with Crippen molar-refractivity contribution in [1.82, 2.24) is 15.4 Å². The molecule has 2 heterocycles. The highest BCUT2D eigenvalue weighted by atomic mass is 16.5. The van der Waals surface area contributed by atoms with E-state index < -0.39 is 0 Å². The van der Waals surface area contributed by atoms with Gasteiger partial charge < -0.3 is 19.6 Å². The van der Waals surface area contributed by atoms with E-state index in [4.69, 9.17) is 9.78 Å². The maximum Gasteiger partial charge on any atom is 0.252 e. The van der Waals surface area contributed by atoms with Crippen LogP contribution in [-0.4, -0.2) is 55.7 Å². The molecular weight excluding hydrogens is 390 g/mol. The second-order valence-electron chi connectivity index (χ2n) is 7.73. The summed E-state index contributed by atoms with van der Waals surface area (Å²) in [5.74, 6) is 0.405. The van der Waals surface area contributed by atoms with Crippen LogP contribution < -0.4 is 10.2 Å². The summed E-state index contributed by atoms with van der Waals surface area (Å²) in [5.41, 5.74) is 4.98. The van der Waals surface area contributed by atoms with Gasteiger partial charge >= 0.3 is 0 Å². The maximum atomic E-state index is 12.3. The van der Waals surface area contributed by atoms with Crippen molar-refractivity contribution in [3.8, 4) is 28.7 Å². The SMILES string of the molecule is Cc1c(C(=O)NCC#N)cccc1-c1cc(-c2ccc(N3CCN(C)CC3)cc2)on1. The van der Waals surface area contributed by atoms with Crippen LogP contribution in [0.2, 0.25) is 0 Å². The summed E-state index contributed by atoms with van der Waals surface area (Å²) in [6, 6.07) is 17.6. The van der Waals surface area contributed by atoms with E-state index in [1.165, 1.54) is 5.69 Å². The molecule has 1 amide bonds. The van der Waals surface area contributed by atoms with E-state index in [9.17, 15) is 4.79 Å². The van der Waals surface area contributed by atoms with E-state index >= 15 is 0 Å². The van der Waals surface area contributed by atoms with Crippen LogP contribution in [0.15, 0.2) is 53.1 Å². The van der Waals surface area contributed by atoms with Crippen LogP contribution in [0.3, 0.4) is 0 Å². The molecule has 0 bridgehead atoms. The molecule has 0 radical (unpaired) electrons. The molecule has 2 aromatic carbocycles. The Hall–Kier alpha value is -3.63. The molecular formula is C24H25N5O2. The third kappa shape index (κ3) is 4.44. The van der Waals surface area contributed by atoms with Gasteiger partial charge in [0, 0.05) is 54.6 Å². The molecule has 1 saturated heterocycles. The first-order valence-electron chi connectivity index (χ1n) is 10.3. The number of carbonyl (C=O) groups excluding carboxylic acids is 1. The standard InChI is InChI=1S/C24H25N5O2/c1-17-20(4-3-5-21(17)24(30)26-11-10-25)22-16-23(31-27-22)18-6-8-19(9-7-18)29-14-12-28(2)13-15-29/h3-9,16H,11-15H2,1-2H3,(H,26,30). The number of hydrogen-bond acceptors (Lipinski definition) is 6. The van der Waals surface area contributed by atoms with Gasteiger partial charge in [-0.05, 0) is 49.9 Å². The van der Waals surface area contributed by atoms with E-state index in [2.05, 4.69) is 51.6 Å². The smallest absolute Gasteiger partial charge is 0.252 e. The lowest BCUT2D eigenvalue weighted by atomic mass is 9.99. The first kappa shape index (κ1) is 20.6. The number of benzene rings is 2. The fourth-order valence-corrected chi connectivity index (χ4v) is 3.81. The zero-order valence-electron chi connectivity index (χ0n) is 17.8. The normalized spacial score (nSPS) is 14.3. The van der Waals surface area contributed by atoms with Gasteiger partial charge in [0.05, 0.1) is 6.07 Å². The summed E-state index contributed by atoms with van der Waals surface area (Å²) in [4.78, 5) is 17.0. The van der Waals surface area contributed by atoms with Crippen LogP contribution in [0, 0.1) is 18.3 Å². The fraction of sp³-hybridized carbons (Fsp3) is 0.292. The van der Waals surface area contributed by atoms with Crippen molar-refractivity contribution in [2.45, 2.75) is 6.92 Å². The minimum absolute atomic E-state index is 0.0270. The first-order chi connectivity index (χ1) is 15.1. The van der Waals surface area contributed by atoms with Crippen LogP contribution in [0.25, 0.3) is 22.6 Å². The van der Waals surface area contributed by atoms with Crippen molar-refractivity contribution in [2.24, 2.45) is 0 Å². The number of likely N-dealkylation sites (N-methyl/N-ethyl adjacent to an activating group) is 1. The number of piperazine rings is 1. The van der Waals surface area contributed by atoms with Gasteiger partial charge in [0.25, 0.3) is 5.91 Å². The highest BCUT2D eigenvalue weighted by Gasteiger charge is 2.17. The summed E-state index contributed by atoms with van der Waals surface area (Å²) in [6.45, 7) is 6.04. The number of aromatic nitrogens is 1. The molecule has 1 fully saturated rings. The van der Waals surface area contributed by atoms with Crippen molar-refractivity contribution >= 4 is 11.6 Å². The van der Waals surface area contributed by atoms with E-state index in [-0.39, 0.29) is 12.5 Å². The highest BCUT2D eigenvalue weighted by molar-refractivity contribution is 5.97. The molecule has 0 saturated carbocycles. The van der Waals surface area contributed by atoms with Crippen molar-refractivity contribution in [3.63, 3.8) is 0 Å². The average Bonchev–Trinajstić information content (AvgIpc) is 3.28. The van der Waals surface area contributed by atoms with Gasteiger partial charge in [0.15, 0.2) is 5.76 Å². The zero-order valence-corrected chi connectivity index (χ0v) is 17.8. The number of hydrogen-bond donors (Lipinski definition) is 1. The minimum atomic E-state index is -0.274. The number of nitrogens with zero attached hydrogens (tertiary/aromatic N) is 4. The Morgan fingerprint density at radius 2 is 1.90 bits per heavy atom. The molecule has 0 spiro atoms. The van der Waals surface area contributed by atoms with E-state index in [0.29, 0.717) is 17.0 Å². The topological polar surface area (TPSA) is 85.4 Å². The number of amides is 1. The molecule has 4 rings (SSSR count). The summed E-state index contributed by atoms with van der Waals surface area (Å²) in [6.07, 6.45) is 0. The van der Waals surface area contributed by atoms with E-state index in [1.54, 1.807) is 6.07 Å². The number of rotatable bonds is 5. The quantitative estimate of drug-likeness (QED) is 0.644. The Balaban J connectivity index is 1.54. The van der Waals surface area contributed by atoms with Crippen LogP contribution in [0.1, 0.15) is 15.9 Å². The number of anilines is 1. The monoisotopic (exact) mass is 415 g/mol. The molecule has 7 nitrogen and oxygen atoms in total. The molecule has 0 aliphatic carbocycles. The van der Waals surface area contributed by atoms with Crippen molar-refractivity contribution in [3.05, 3.63) is 59.7 Å². The Kier molecular flexibility index (Phi) is 6.01. The predicted molar refractivity (Wildman–Crippen MR) is 120 cm³/mol. The summed E-state index contributed by atoms with van der Waals surface area (Å²) >= 11 is 0. The number of carbonyl (C=O) groups is 1. The molecule has 1 N–H and O–H groups in total. The summed E-state index contributed by atoms with van der Waals surface area (Å²) in [7, 11) is 2.15. The second kappa shape index (κ2) is 9.02. The Labute approximate surface area is 181 Å². The second-order valence-corrected chi connectivity index (χ2v) is 7.73. The maximum absolute atomic E-state index is 12.3. The summed E-state index contributed by atoms with van der Waals surface area (Å²) < 4.78 is 5.61. The molecule has 1 aliphatic heterocycles. The Morgan fingerprint density at radius 3 is 2.61 bits per heavy atom. The lowest BCUT2D eigenvalue weighted by Crippen LogP contribution is -2.44. The third-order valence-electron chi connectivity index (χ3n) is 5.71. The van der Waals surface area contributed by atoms with Gasteiger partial charge in [0.2, 0.25) is 0 Å². The predicted octanol–water partition coefficient (Wildman–Crippen LogP) is 3.32. The van der Waals surface area contributed by atoms with E-state index in [0.717, 1.165) is 42.9 Å². The number of nitrogens with one attached hydrogen (secondary N) is 1. The fourth-order valence-electron chi connectivity index (χ4n) is 3.81. The van der Waals surface area contributed by atoms with Crippen LogP contribution in [-0.2, 0) is 0 Å². The van der Waals surface area contributed by atoms with Gasteiger partial charge in [-0.3, -0.25) is 4.79 Å². The minimum Gasteiger partial charge on any atom is -0.369 e. The average molecular weight is 415 g/mol. The van der Waals surface area contributed by atoms with Crippen LogP contribution >= 0.6 is 0 Å². The lowest BCUT2D eigenvalue weighted by Gasteiger charge is -2.34. The summed E-state index contributed by atoms with van der Waals surface area (Å²) in [5, 5.41) is 15.5. The Morgan fingerprint density at radius 1 is 1.16 bits per heavy atom.